The van der Waals surface area contributed by atoms with E-state index in [2.05, 4.69) is 4.98 Å². The number of hydrogen-bond donors (Lipinski definition) is 1. The molecule has 1 N–H and O–H groups in total. The zero-order chi connectivity index (χ0) is 15.0. The largest absolute Gasteiger partial charge is 0.350 e. The number of carbonyl (C=O) groups excluding carboxylic acids is 2. The summed E-state index contributed by atoms with van der Waals surface area (Å²) in [6.45, 7) is 6.00. The van der Waals surface area contributed by atoms with E-state index in [9.17, 15) is 9.59 Å². The van der Waals surface area contributed by atoms with E-state index in [1.807, 2.05) is 31.2 Å². The number of amides is 2. The first-order valence-electron chi connectivity index (χ1n) is 7.19. The number of nitrogens with zero attached hydrogens (tertiary/aromatic N) is 2. The van der Waals surface area contributed by atoms with Gasteiger partial charge in [0, 0.05) is 44.0 Å². The Bertz CT molecular complexity index is 697. The van der Waals surface area contributed by atoms with Gasteiger partial charge in [0.25, 0.3) is 5.91 Å². The second-order valence-electron chi connectivity index (χ2n) is 5.52. The predicted molar refractivity (Wildman–Crippen MR) is 81.2 cm³/mol. The van der Waals surface area contributed by atoms with Gasteiger partial charge in [-0.2, -0.15) is 0 Å². The van der Waals surface area contributed by atoms with Gasteiger partial charge in [-0.05, 0) is 18.6 Å². The molecule has 1 aromatic heterocycles. The molecule has 110 valence electrons. The van der Waals surface area contributed by atoms with E-state index in [1.54, 1.807) is 16.7 Å². The van der Waals surface area contributed by atoms with Crippen molar-refractivity contribution in [1.29, 1.82) is 0 Å². The highest BCUT2D eigenvalue weighted by Gasteiger charge is 2.24. The number of aromatic amines is 1. The summed E-state index contributed by atoms with van der Waals surface area (Å²) in [5.74, 6) is 0.0807. The van der Waals surface area contributed by atoms with Crippen molar-refractivity contribution in [2.24, 2.45) is 0 Å². The number of carbonyl (C=O) groups is 2. The van der Waals surface area contributed by atoms with Crippen LogP contribution in [0, 0.1) is 6.92 Å². The van der Waals surface area contributed by atoms with Crippen molar-refractivity contribution < 1.29 is 9.59 Å². The zero-order valence-corrected chi connectivity index (χ0v) is 12.3. The van der Waals surface area contributed by atoms with Crippen LogP contribution in [-0.4, -0.2) is 52.8 Å². The second kappa shape index (κ2) is 5.24. The highest BCUT2D eigenvalue weighted by Crippen LogP contribution is 2.20. The third-order valence-corrected chi connectivity index (χ3v) is 4.11. The number of aryl methyl sites for hydroxylation is 1. The third kappa shape index (κ3) is 2.51. The first kappa shape index (κ1) is 13.7. The van der Waals surface area contributed by atoms with E-state index in [0.717, 1.165) is 16.5 Å². The molecule has 0 radical (unpaired) electrons. The summed E-state index contributed by atoms with van der Waals surface area (Å²) < 4.78 is 0. The van der Waals surface area contributed by atoms with Gasteiger partial charge < -0.3 is 14.8 Å². The van der Waals surface area contributed by atoms with Crippen molar-refractivity contribution in [1.82, 2.24) is 14.8 Å². The molecule has 2 amide bonds. The molecular weight excluding hydrogens is 266 g/mol. The monoisotopic (exact) mass is 285 g/mol. The first-order valence-corrected chi connectivity index (χ1v) is 7.19. The summed E-state index contributed by atoms with van der Waals surface area (Å²) in [6.07, 6.45) is 0. The standard InChI is InChI=1S/C16H19N3O2/c1-11-4-3-5-13-10-14(17-15(11)13)16(21)19-8-6-18(7-9-19)12(2)20/h3-5,10,17H,6-9H2,1-2H3. The van der Waals surface area contributed by atoms with Crippen LogP contribution in [0.4, 0.5) is 0 Å². The quantitative estimate of drug-likeness (QED) is 0.868. The molecule has 21 heavy (non-hydrogen) atoms. The minimum absolute atomic E-state index is 0.00815. The van der Waals surface area contributed by atoms with Gasteiger partial charge in [0.1, 0.15) is 5.69 Å². The number of rotatable bonds is 1. The predicted octanol–water partition coefficient (Wildman–Crippen LogP) is 1.78. The Balaban J connectivity index is 1.78. The minimum Gasteiger partial charge on any atom is -0.350 e. The molecule has 1 fully saturated rings. The van der Waals surface area contributed by atoms with Gasteiger partial charge in [-0.1, -0.05) is 18.2 Å². The molecule has 0 aliphatic carbocycles. The fourth-order valence-corrected chi connectivity index (χ4v) is 2.82. The maximum Gasteiger partial charge on any atom is 0.270 e. The summed E-state index contributed by atoms with van der Waals surface area (Å²) in [5.41, 5.74) is 2.77. The molecule has 0 atom stereocenters. The molecule has 2 heterocycles. The van der Waals surface area contributed by atoms with Crippen LogP contribution in [0.2, 0.25) is 0 Å². The molecule has 1 aromatic carbocycles. The average molecular weight is 285 g/mol. The highest BCUT2D eigenvalue weighted by molar-refractivity contribution is 5.98. The second-order valence-corrected chi connectivity index (χ2v) is 5.52. The maximum absolute atomic E-state index is 12.5. The summed E-state index contributed by atoms with van der Waals surface area (Å²) in [7, 11) is 0. The van der Waals surface area contributed by atoms with Gasteiger partial charge in [-0.3, -0.25) is 9.59 Å². The molecule has 2 aromatic rings. The average Bonchev–Trinajstić information content (AvgIpc) is 2.92. The number of nitrogens with one attached hydrogen (secondary N) is 1. The number of fused-ring (bicyclic) bond motifs is 1. The summed E-state index contributed by atoms with van der Waals surface area (Å²) in [4.78, 5) is 30.7. The van der Waals surface area contributed by atoms with Crippen molar-refractivity contribution in [2.45, 2.75) is 13.8 Å². The molecule has 0 saturated carbocycles. The number of piperazine rings is 1. The van der Waals surface area contributed by atoms with Crippen LogP contribution in [-0.2, 0) is 4.79 Å². The van der Waals surface area contributed by atoms with Crippen LogP contribution < -0.4 is 0 Å². The molecular formula is C16H19N3O2. The Kier molecular flexibility index (Phi) is 3.41. The molecule has 0 spiro atoms. The molecule has 0 bridgehead atoms. The van der Waals surface area contributed by atoms with E-state index in [-0.39, 0.29) is 11.8 Å². The van der Waals surface area contributed by atoms with Gasteiger partial charge in [-0.25, -0.2) is 0 Å². The highest BCUT2D eigenvalue weighted by atomic mass is 16.2. The van der Waals surface area contributed by atoms with Gasteiger partial charge in [0.15, 0.2) is 0 Å². The molecule has 5 heteroatoms. The van der Waals surface area contributed by atoms with E-state index >= 15 is 0 Å². The van der Waals surface area contributed by atoms with Crippen LogP contribution in [0.25, 0.3) is 10.9 Å². The Morgan fingerprint density at radius 2 is 1.76 bits per heavy atom. The van der Waals surface area contributed by atoms with E-state index < -0.39 is 0 Å². The Morgan fingerprint density at radius 1 is 1.10 bits per heavy atom. The van der Waals surface area contributed by atoms with E-state index in [0.29, 0.717) is 31.9 Å². The number of aromatic nitrogens is 1. The number of hydrogen-bond acceptors (Lipinski definition) is 2. The van der Waals surface area contributed by atoms with Crippen LogP contribution >= 0.6 is 0 Å². The molecule has 1 aliphatic rings. The van der Waals surface area contributed by atoms with E-state index in [1.165, 1.54) is 0 Å². The van der Waals surface area contributed by atoms with Crippen molar-refractivity contribution in [3.05, 3.63) is 35.5 Å². The van der Waals surface area contributed by atoms with Crippen molar-refractivity contribution in [3.63, 3.8) is 0 Å². The van der Waals surface area contributed by atoms with Crippen LogP contribution in [0.5, 0.6) is 0 Å². The SMILES string of the molecule is CC(=O)N1CCN(C(=O)c2cc3cccc(C)c3[nH]2)CC1. The fraction of sp³-hybridized carbons (Fsp3) is 0.375. The van der Waals surface area contributed by atoms with Gasteiger partial charge >= 0.3 is 0 Å². The number of H-pyrrole nitrogens is 1. The third-order valence-electron chi connectivity index (χ3n) is 4.11. The van der Waals surface area contributed by atoms with Gasteiger partial charge in [0.2, 0.25) is 5.91 Å². The lowest BCUT2D eigenvalue weighted by atomic mass is 10.2. The van der Waals surface area contributed by atoms with Crippen LogP contribution in [0.1, 0.15) is 23.0 Å². The lowest BCUT2D eigenvalue weighted by Gasteiger charge is -2.33. The van der Waals surface area contributed by atoms with Crippen molar-refractivity contribution in [2.75, 3.05) is 26.2 Å². The number of para-hydroxylation sites is 1. The maximum atomic E-state index is 12.5. The van der Waals surface area contributed by atoms with E-state index in [4.69, 9.17) is 0 Å². The molecule has 1 aliphatic heterocycles. The summed E-state index contributed by atoms with van der Waals surface area (Å²) >= 11 is 0. The number of benzene rings is 1. The summed E-state index contributed by atoms with van der Waals surface area (Å²) in [6, 6.07) is 7.93. The zero-order valence-electron chi connectivity index (χ0n) is 12.3. The first-order chi connectivity index (χ1) is 10.1. The van der Waals surface area contributed by atoms with Crippen molar-refractivity contribution >= 4 is 22.7 Å². The Morgan fingerprint density at radius 3 is 2.38 bits per heavy atom. The lowest BCUT2D eigenvalue weighted by molar-refractivity contribution is -0.130. The molecule has 3 rings (SSSR count). The topological polar surface area (TPSA) is 56.4 Å². The van der Waals surface area contributed by atoms with Gasteiger partial charge in [-0.15, -0.1) is 0 Å². The van der Waals surface area contributed by atoms with Gasteiger partial charge in [0.05, 0.1) is 0 Å². The van der Waals surface area contributed by atoms with Crippen LogP contribution in [0.15, 0.2) is 24.3 Å². The minimum atomic E-state index is 0.00815. The molecule has 1 saturated heterocycles. The Labute approximate surface area is 123 Å². The summed E-state index contributed by atoms with van der Waals surface area (Å²) in [5, 5.41) is 1.06. The molecule has 0 unspecified atom stereocenters. The smallest absolute Gasteiger partial charge is 0.270 e. The van der Waals surface area contributed by atoms with Crippen molar-refractivity contribution in [3.8, 4) is 0 Å². The van der Waals surface area contributed by atoms with Crippen LogP contribution in [0.3, 0.4) is 0 Å². The normalized spacial score (nSPS) is 15.5. The fourth-order valence-electron chi connectivity index (χ4n) is 2.82. The molecule has 5 nitrogen and oxygen atoms in total. The lowest BCUT2D eigenvalue weighted by Crippen LogP contribution is -2.50. The Hall–Kier alpha value is -2.30.